The summed E-state index contributed by atoms with van der Waals surface area (Å²) in [5.41, 5.74) is 0.909. The molecule has 6 nitrogen and oxygen atoms in total. The number of nitrogens with zero attached hydrogens (tertiary/aromatic N) is 2. The lowest BCUT2D eigenvalue weighted by Crippen LogP contribution is -2.26. The van der Waals surface area contributed by atoms with E-state index in [1.54, 1.807) is 0 Å². The van der Waals surface area contributed by atoms with Gasteiger partial charge in [-0.1, -0.05) is 11.6 Å². The van der Waals surface area contributed by atoms with Crippen LogP contribution in [0.1, 0.15) is 24.7 Å². The summed E-state index contributed by atoms with van der Waals surface area (Å²) in [5, 5.41) is 19.4. The maximum atomic E-state index is 10.6. The highest BCUT2D eigenvalue weighted by Crippen LogP contribution is 2.27. The lowest BCUT2D eigenvalue weighted by molar-refractivity contribution is -0.192. The molecule has 25 heavy (non-hydrogen) atoms. The van der Waals surface area contributed by atoms with Crippen molar-refractivity contribution < 1.29 is 27.5 Å². The van der Waals surface area contributed by atoms with E-state index in [-0.39, 0.29) is 0 Å². The molecule has 0 spiro atoms. The number of hydrogen-bond donors (Lipinski definition) is 2. The highest BCUT2D eigenvalue weighted by molar-refractivity contribution is 6.30. The molecule has 1 fully saturated rings. The van der Waals surface area contributed by atoms with Crippen LogP contribution in [0.5, 0.6) is 0 Å². The van der Waals surface area contributed by atoms with Crippen molar-refractivity contribution in [2.75, 3.05) is 13.1 Å². The number of piperidine rings is 1. The van der Waals surface area contributed by atoms with Gasteiger partial charge in [0.2, 0.25) is 11.8 Å². The molecule has 1 saturated heterocycles. The fraction of sp³-hybridized carbons (Fsp3) is 0.400. The maximum absolute atomic E-state index is 10.6. The van der Waals surface area contributed by atoms with Crippen LogP contribution in [0.25, 0.3) is 11.5 Å². The second-order valence-corrected chi connectivity index (χ2v) is 5.72. The number of carboxylic acid groups (broad SMARTS) is 1. The van der Waals surface area contributed by atoms with E-state index in [4.69, 9.17) is 25.9 Å². The zero-order valence-corrected chi connectivity index (χ0v) is 13.6. The van der Waals surface area contributed by atoms with Crippen LogP contribution >= 0.6 is 11.6 Å². The first-order valence-corrected chi connectivity index (χ1v) is 7.75. The average Bonchev–Trinajstić information content (AvgIpc) is 3.06. The predicted molar refractivity (Wildman–Crippen MR) is 83.3 cm³/mol. The van der Waals surface area contributed by atoms with E-state index in [0.717, 1.165) is 37.4 Å². The molecule has 0 saturated carbocycles. The molecule has 0 atom stereocenters. The first-order chi connectivity index (χ1) is 11.8. The average molecular weight is 378 g/mol. The number of aliphatic carboxylic acids is 1. The monoisotopic (exact) mass is 377 g/mol. The van der Waals surface area contributed by atoms with Crippen LogP contribution in [0.15, 0.2) is 28.7 Å². The fourth-order valence-electron chi connectivity index (χ4n) is 2.18. The van der Waals surface area contributed by atoms with Gasteiger partial charge >= 0.3 is 12.1 Å². The smallest absolute Gasteiger partial charge is 0.475 e. The Balaban J connectivity index is 0.000000277. The van der Waals surface area contributed by atoms with Gasteiger partial charge in [0.15, 0.2) is 0 Å². The number of benzene rings is 1. The number of carbonyl (C=O) groups is 1. The Morgan fingerprint density at radius 2 is 1.76 bits per heavy atom. The van der Waals surface area contributed by atoms with E-state index in [9.17, 15) is 13.2 Å². The zero-order chi connectivity index (χ0) is 18.4. The number of rotatable bonds is 2. The second-order valence-electron chi connectivity index (χ2n) is 5.28. The summed E-state index contributed by atoms with van der Waals surface area (Å²) in [6.45, 7) is 2.03. The van der Waals surface area contributed by atoms with Crippen molar-refractivity contribution >= 4 is 17.6 Å². The highest BCUT2D eigenvalue weighted by atomic mass is 35.5. The summed E-state index contributed by atoms with van der Waals surface area (Å²) >= 11 is 5.85. The minimum atomic E-state index is -5.08. The Bertz CT molecular complexity index is 698. The van der Waals surface area contributed by atoms with Crippen molar-refractivity contribution in [2.24, 2.45) is 0 Å². The maximum Gasteiger partial charge on any atom is 0.490 e. The van der Waals surface area contributed by atoms with Gasteiger partial charge in [0.25, 0.3) is 0 Å². The molecule has 1 aliphatic rings. The van der Waals surface area contributed by atoms with E-state index in [1.165, 1.54) is 0 Å². The normalized spacial score (nSPS) is 15.4. The minimum Gasteiger partial charge on any atom is -0.475 e. The number of halogens is 4. The topological polar surface area (TPSA) is 88.3 Å². The Labute approximate surface area is 146 Å². The lowest BCUT2D eigenvalue weighted by Gasteiger charge is -2.18. The van der Waals surface area contributed by atoms with Gasteiger partial charge in [-0.2, -0.15) is 13.2 Å². The molecule has 0 bridgehead atoms. The summed E-state index contributed by atoms with van der Waals surface area (Å²) < 4.78 is 37.5. The molecule has 0 aliphatic carbocycles. The van der Waals surface area contributed by atoms with Crippen molar-refractivity contribution in [2.45, 2.75) is 24.9 Å². The van der Waals surface area contributed by atoms with Gasteiger partial charge in [0, 0.05) is 16.5 Å². The quantitative estimate of drug-likeness (QED) is 0.833. The van der Waals surface area contributed by atoms with Crippen LogP contribution < -0.4 is 5.32 Å². The number of nitrogens with one attached hydrogen (secondary N) is 1. The van der Waals surface area contributed by atoms with Crippen LogP contribution in [0.3, 0.4) is 0 Å². The van der Waals surface area contributed by atoms with E-state index < -0.39 is 12.1 Å². The van der Waals surface area contributed by atoms with Gasteiger partial charge in [-0.25, -0.2) is 4.79 Å². The van der Waals surface area contributed by atoms with Gasteiger partial charge in [-0.05, 0) is 50.2 Å². The number of hydrogen-bond acceptors (Lipinski definition) is 5. The SMILES string of the molecule is Clc1ccc(-c2nnc(C3CCNCC3)o2)cc1.O=C(O)C(F)(F)F. The second kappa shape index (κ2) is 8.30. The summed E-state index contributed by atoms with van der Waals surface area (Å²) in [6.07, 6.45) is -2.97. The molecule has 1 aliphatic heterocycles. The van der Waals surface area contributed by atoms with Crippen molar-refractivity contribution in [3.8, 4) is 11.5 Å². The van der Waals surface area contributed by atoms with Crippen LogP contribution in [-0.4, -0.2) is 40.5 Å². The molecule has 1 aromatic carbocycles. The molecular formula is C15H15ClF3N3O3. The summed E-state index contributed by atoms with van der Waals surface area (Å²) in [5.74, 6) is -1.05. The molecule has 0 radical (unpaired) electrons. The van der Waals surface area contributed by atoms with Crippen molar-refractivity contribution in [1.82, 2.24) is 15.5 Å². The van der Waals surface area contributed by atoms with Crippen LogP contribution in [0.2, 0.25) is 5.02 Å². The summed E-state index contributed by atoms with van der Waals surface area (Å²) in [4.78, 5) is 8.90. The number of carboxylic acids is 1. The standard InChI is InChI=1S/C13H14ClN3O.C2HF3O2/c14-11-3-1-9(2-4-11)12-16-17-13(18-12)10-5-7-15-8-6-10;3-2(4,5)1(6)7/h1-4,10,15H,5-8H2;(H,6,7). The first kappa shape index (κ1) is 19.2. The van der Waals surface area contributed by atoms with Gasteiger partial charge in [0.05, 0.1) is 0 Å². The van der Waals surface area contributed by atoms with E-state index in [0.29, 0.717) is 16.8 Å². The molecule has 0 amide bonds. The molecular weight excluding hydrogens is 363 g/mol. The molecule has 3 rings (SSSR count). The van der Waals surface area contributed by atoms with Crippen LogP contribution in [0, 0.1) is 0 Å². The van der Waals surface area contributed by atoms with Gasteiger partial charge in [-0.3, -0.25) is 0 Å². The van der Waals surface area contributed by atoms with Crippen molar-refractivity contribution in [3.63, 3.8) is 0 Å². The first-order valence-electron chi connectivity index (χ1n) is 7.37. The Morgan fingerprint density at radius 3 is 2.28 bits per heavy atom. The number of aromatic nitrogens is 2. The Hall–Kier alpha value is -2.13. The molecule has 10 heteroatoms. The van der Waals surface area contributed by atoms with Crippen LogP contribution in [0.4, 0.5) is 13.2 Å². The predicted octanol–water partition coefficient (Wildman–Crippen LogP) is 3.49. The third kappa shape index (κ3) is 5.71. The van der Waals surface area contributed by atoms with Crippen molar-refractivity contribution in [3.05, 3.63) is 35.2 Å². The summed E-state index contributed by atoms with van der Waals surface area (Å²) in [6, 6.07) is 7.43. The molecule has 0 unspecified atom stereocenters. The number of alkyl halides is 3. The van der Waals surface area contributed by atoms with Gasteiger partial charge in [-0.15, -0.1) is 10.2 Å². The zero-order valence-electron chi connectivity index (χ0n) is 12.9. The lowest BCUT2D eigenvalue weighted by atomic mass is 9.98. The molecule has 2 N–H and O–H groups in total. The van der Waals surface area contributed by atoms with Crippen LogP contribution in [-0.2, 0) is 4.79 Å². The highest BCUT2D eigenvalue weighted by Gasteiger charge is 2.38. The molecule has 2 heterocycles. The third-order valence-electron chi connectivity index (χ3n) is 3.46. The molecule has 136 valence electrons. The van der Waals surface area contributed by atoms with Gasteiger partial charge < -0.3 is 14.8 Å². The van der Waals surface area contributed by atoms with E-state index in [2.05, 4.69) is 15.5 Å². The molecule has 2 aromatic rings. The van der Waals surface area contributed by atoms with E-state index in [1.807, 2.05) is 24.3 Å². The Morgan fingerprint density at radius 1 is 1.20 bits per heavy atom. The largest absolute Gasteiger partial charge is 0.490 e. The van der Waals surface area contributed by atoms with Gasteiger partial charge in [0.1, 0.15) is 0 Å². The molecule has 1 aromatic heterocycles. The fourth-order valence-corrected chi connectivity index (χ4v) is 2.30. The Kier molecular flexibility index (Phi) is 6.38. The van der Waals surface area contributed by atoms with E-state index >= 15 is 0 Å². The third-order valence-corrected chi connectivity index (χ3v) is 3.71. The summed E-state index contributed by atoms with van der Waals surface area (Å²) in [7, 11) is 0. The van der Waals surface area contributed by atoms with Crippen molar-refractivity contribution in [1.29, 1.82) is 0 Å². The minimum absolute atomic E-state index is 0.389.